The smallest absolute Gasteiger partial charge is 0.0780 e. The molecule has 0 amide bonds. The fraction of sp³-hybridized carbons (Fsp3) is 0.538. The SMILES string of the molecule is CCC(C)(CNC)OCc1ccc(Cl)cc1. The quantitative estimate of drug-likeness (QED) is 0.826. The summed E-state index contributed by atoms with van der Waals surface area (Å²) in [7, 11) is 1.94. The van der Waals surface area contributed by atoms with Crippen LogP contribution in [0.2, 0.25) is 5.02 Å². The monoisotopic (exact) mass is 241 g/mol. The summed E-state index contributed by atoms with van der Waals surface area (Å²) in [6, 6.07) is 7.78. The lowest BCUT2D eigenvalue weighted by atomic mass is 10.0. The molecule has 16 heavy (non-hydrogen) atoms. The van der Waals surface area contributed by atoms with Crippen molar-refractivity contribution in [3.63, 3.8) is 0 Å². The molecular weight excluding hydrogens is 222 g/mol. The molecule has 1 rings (SSSR count). The number of halogens is 1. The lowest BCUT2D eigenvalue weighted by Gasteiger charge is -2.28. The van der Waals surface area contributed by atoms with Gasteiger partial charge in [-0.1, -0.05) is 30.7 Å². The number of hydrogen-bond donors (Lipinski definition) is 1. The first-order valence-electron chi connectivity index (χ1n) is 5.62. The van der Waals surface area contributed by atoms with E-state index in [1.807, 2.05) is 31.3 Å². The van der Waals surface area contributed by atoms with Crippen molar-refractivity contribution in [1.29, 1.82) is 0 Å². The molecule has 1 aromatic carbocycles. The fourth-order valence-corrected chi connectivity index (χ4v) is 1.62. The van der Waals surface area contributed by atoms with E-state index in [0.717, 1.165) is 23.6 Å². The van der Waals surface area contributed by atoms with Crippen LogP contribution in [0, 0.1) is 0 Å². The first-order chi connectivity index (χ1) is 7.59. The van der Waals surface area contributed by atoms with E-state index in [1.54, 1.807) is 0 Å². The van der Waals surface area contributed by atoms with E-state index in [0.29, 0.717) is 6.61 Å². The van der Waals surface area contributed by atoms with E-state index >= 15 is 0 Å². The average Bonchev–Trinajstić information content (AvgIpc) is 2.29. The number of likely N-dealkylation sites (N-methyl/N-ethyl adjacent to an activating group) is 1. The molecule has 0 bridgehead atoms. The number of hydrogen-bond acceptors (Lipinski definition) is 2. The molecule has 0 fully saturated rings. The predicted molar refractivity (Wildman–Crippen MR) is 68.9 cm³/mol. The predicted octanol–water partition coefficient (Wildman–Crippen LogP) is 3.24. The lowest BCUT2D eigenvalue weighted by molar-refractivity contribution is -0.0432. The maximum Gasteiger partial charge on any atom is 0.0780 e. The summed E-state index contributed by atoms with van der Waals surface area (Å²) in [5, 5.41) is 3.92. The summed E-state index contributed by atoms with van der Waals surface area (Å²) in [6.07, 6.45) is 0.988. The Morgan fingerprint density at radius 3 is 2.44 bits per heavy atom. The van der Waals surface area contributed by atoms with E-state index in [4.69, 9.17) is 16.3 Å². The van der Waals surface area contributed by atoms with Gasteiger partial charge >= 0.3 is 0 Å². The van der Waals surface area contributed by atoms with Gasteiger partial charge in [-0.05, 0) is 38.1 Å². The summed E-state index contributed by atoms with van der Waals surface area (Å²) in [4.78, 5) is 0. The number of rotatable bonds is 6. The summed E-state index contributed by atoms with van der Waals surface area (Å²) < 4.78 is 5.94. The second-order valence-electron chi connectivity index (χ2n) is 4.25. The van der Waals surface area contributed by atoms with Crippen LogP contribution in [0.5, 0.6) is 0 Å². The van der Waals surface area contributed by atoms with Crippen molar-refractivity contribution in [1.82, 2.24) is 5.32 Å². The Bertz CT molecular complexity index is 312. The number of nitrogens with one attached hydrogen (secondary N) is 1. The van der Waals surface area contributed by atoms with Crippen molar-refractivity contribution in [2.45, 2.75) is 32.5 Å². The zero-order valence-corrected chi connectivity index (χ0v) is 11.0. The highest BCUT2D eigenvalue weighted by Crippen LogP contribution is 2.17. The molecule has 1 unspecified atom stereocenters. The summed E-state index contributed by atoms with van der Waals surface area (Å²) >= 11 is 5.83. The molecule has 1 N–H and O–H groups in total. The van der Waals surface area contributed by atoms with Gasteiger partial charge in [0.2, 0.25) is 0 Å². The fourth-order valence-electron chi connectivity index (χ4n) is 1.49. The molecule has 1 aromatic rings. The Labute approximate surface area is 103 Å². The third-order valence-electron chi connectivity index (χ3n) is 2.80. The van der Waals surface area contributed by atoms with Crippen molar-refractivity contribution >= 4 is 11.6 Å². The van der Waals surface area contributed by atoms with Crippen molar-refractivity contribution < 1.29 is 4.74 Å². The van der Waals surface area contributed by atoms with Gasteiger partial charge in [-0.3, -0.25) is 0 Å². The topological polar surface area (TPSA) is 21.3 Å². The third kappa shape index (κ3) is 4.12. The zero-order valence-electron chi connectivity index (χ0n) is 10.2. The minimum Gasteiger partial charge on any atom is -0.369 e. The minimum absolute atomic E-state index is 0.103. The highest BCUT2D eigenvalue weighted by Gasteiger charge is 2.21. The molecule has 0 aromatic heterocycles. The summed E-state index contributed by atoms with van der Waals surface area (Å²) in [6.45, 7) is 5.75. The molecule has 2 nitrogen and oxygen atoms in total. The van der Waals surface area contributed by atoms with E-state index in [-0.39, 0.29) is 5.60 Å². The molecule has 0 spiro atoms. The van der Waals surface area contributed by atoms with Gasteiger partial charge in [0.15, 0.2) is 0 Å². The standard InChI is InChI=1S/C13H20ClNO/c1-4-13(2,10-15-3)16-9-11-5-7-12(14)8-6-11/h5-8,15H,4,9-10H2,1-3H3. The van der Waals surface area contributed by atoms with Gasteiger partial charge in [0.1, 0.15) is 0 Å². The van der Waals surface area contributed by atoms with Gasteiger partial charge in [-0.25, -0.2) is 0 Å². The Morgan fingerprint density at radius 2 is 1.94 bits per heavy atom. The van der Waals surface area contributed by atoms with E-state index < -0.39 is 0 Å². The van der Waals surface area contributed by atoms with E-state index in [2.05, 4.69) is 19.2 Å². The minimum atomic E-state index is -0.103. The van der Waals surface area contributed by atoms with Gasteiger partial charge in [-0.2, -0.15) is 0 Å². The zero-order chi connectivity index (χ0) is 12.0. The normalized spacial score (nSPS) is 14.8. The summed E-state index contributed by atoms with van der Waals surface area (Å²) in [5.41, 5.74) is 1.05. The average molecular weight is 242 g/mol. The van der Waals surface area contributed by atoms with Gasteiger partial charge in [0.25, 0.3) is 0 Å². The third-order valence-corrected chi connectivity index (χ3v) is 3.05. The van der Waals surface area contributed by atoms with Crippen LogP contribution in [0.25, 0.3) is 0 Å². The molecule has 0 saturated heterocycles. The van der Waals surface area contributed by atoms with Crippen LogP contribution in [-0.4, -0.2) is 19.2 Å². The van der Waals surface area contributed by atoms with Crippen LogP contribution in [0.3, 0.4) is 0 Å². The molecule has 0 aliphatic carbocycles. The van der Waals surface area contributed by atoms with Gasteiger partial charge < -0.3 is 10.1 Å². The van der Waals surface area contributed by atoms with Crippen LogP contribution in [0.4, 0.5) is 0 Å². The van der Waals surface area contributed by atoms with Crippen molar-refractivity contribution in [2.75, 3.05) is 13.6 Å². The van der Waals surface area contributed by atoms with Crippen LogP contribution in [0.15, 0.2) is 24.3 Å². The lowest BCUT2D eigenvalue weighted by Crippen LogP contribution is -2.38. The number of benzene rings is 1. The van der Waals surface area contributed by atoms with Crippen LogP contribution in [0.1, 0.15) is 25.8 Å². The molecule has 90 valence electrons. The largest absolute Gasteiger partial charge is 0.369 e. The maximum absolute atomic E-state index is 5.94. The van der Waals surface area contributed by atoms with Gasteiger partial charge in [0.05, 0.1) is 12.2 Å². The second kappa shape index (κ2) is 6.24. The first kappa shape index (κ1) is 13.5. The highest BCUT2D eigenvalue weighted by molar-refractivity contribution is 6.30. The molecule has 0 aliphatic heterocycles. The molecule has 0 aliphatic rings. The molecule has 0 heterocycles. The Morgan fingerprint density at radius 1 is 1.31 bits per heavy atom. The van der Waals surface area contributed by atoms with Gasteiger partial charge in [0, 0.05) is 11.6 Å². The van der Waals surface area contributed by atoms with E-state index in [9.17, 15) is 0 Å². The van der Waals surface area contributed by atoms with Crippen molar-refractivity contribution in [2.24, 2.45) is 0 Å². The summed E-state index contributed by atoms with van der Waals surface area (Å²) in [5.74, 6) is 0. The first-order valence-corrected chi connectivity index (χ1v) is 6.00. The molecule has 1 atom stereocenters. The van der Waals surface area contributed by atoms with E-state index in [1.165, 1.54) is 0 Å². The van der Waals surface area contributed by atoms with Crippen LogP contribution in [-0.2, 0) is 11.3 Å². The van der Waals surface area contributed by atoms with Gasteiger partial charge in [-0.15, -0.1) is 0 Å². The molecule has 0 saturated carbocycles. The Balaban J connectivity index is 2.52. The Hall–Kier alpha value is -0.570. The van der Waals surface area contributed by atoms with Crippen molar-refractivity contribution in [3.8, 4) is 0 Å². The van der Waals surface area contributed by atoms with Crippen LogP contribution >= 0.6 is 11.6 Å². The van der Waals surface area contributed by atoms with Crippen LogP contribution < -0.4 is 5.32 Å². The Kier molecular flexibility index (Phi) is 5.26. The second-order valence-corrected chi connectivity index (χ2v) is 4.69. The number of ether oxygens (including phenoxy) is 1. The van der Waals surface area contributed by atoms with Crippen molar-refractivity contribution in [3.05, 3.63) is 34.9 Å². The highest BCUT2D eigenvalue weighted by atomic mass is 35.5. The molecular formula is C13H20ClNO. The maximum atomic E-state index is 5.94. The molecule has 3 heteroatoms. The molecule has 0 radical (unpaired) electrons.